The van der Waals surface area contributed by atoms with Gasteiger partial charge in [-0.15, -0.1) is 0 Å². The SMILES string of the molecule is CCCCC(C#N)(Cc1ccc(Cl)cc1)Cn1cncn1. The van der Waals surface area contributed by atoms with E-state index in [4.69, 9.17) is 11.6 Å². The average molecular weight is 303 g/mol. The second kappa shape index (κ2) is 7.24. The van der Waals surface area contributed by atoms with Gasteiger partial charge in [0.2, 0.25) is 0 Å². The lowest BCUT2D eigenvalue weighted by molar-refractivity contribution is 0.283. The summed E-state index contributed by atoms with van der Waals surface area (Å²) in [7, 11) is 0. The van der Waals surface area contributed by atoms with Crippen molar-refractivity contribution in [3.05, 3.63) is 47.5 Å². The van der Waals surface area contributed by atoms with Crippen LogP contribution in [0, 0.1) is 16.7 Å². The third-order valence-electron chi connectivity index (χ3n) is 3.63. The highest BCUT2D eigenvalue weighted by atomic mass is 35.5. The van der Waals surface area contributed by atoms with E-state index in [-0.39, 0.29) is 0 Å². The van der Waals surface area contributed by atoms with Crippen molar-refractivity contribution in [1.29, 1.82) is 5.26 Å². The molecule has 2 rings (SSSR count). The molecule has 0 aliphatic rings. The van der Waals surface area contributed by atoms with Gasteiger partial charge < -0.3 is 0 Å². The minimum Gasteiger partial charge on any atom is -0.251 e. The Morgan fingerprint density at radius 1 is 1.33 bits per heavy atom. The highest BCUT2D eigenvalue weighted by Crippen LogP contribution is 2.31. The number of unbranched alkanes of at least 4 members (excludes halogenated alkanes) is 1. The van der Waals surface area contributed by atoms with Crippen molar-refractivity contribution in [2.24, 2.45) is 5.41 Å². The zero-order valence-corrected chi connectivity index (χ0v) is 12.9. The number of aromatic nitrogens is 3. The van der Waals surface area contributed by atoms with Gasteiger partial charge in [-0.1, -0.05) is 43.5 Å². The van der Waals surface area contributed by atoms with E-state index >= 15 is 0 Å². The van der Waals surface area contributed by atoms with Crippen LogP contribution in [0.5, 0.6) is 0 Å². The first-order valence-corrected chi connectivity index (χ1v) is 7.53. The van der Waals surface area contributed by atoms with Crippen molar-refractivity contribution in [2.75, 3.05) is 0 Å². The van der Waals surface area contributed by atoms with Crippen LogP contribution in [0.2, 0.25) is 5.02 Å². The molecule has 0 amide bonds. The van der Waals surface area contributed by atoms with E-state index in [1.165, 1.54) is 6.33 Å². The Bertz CT molecular complexity index is 586. The Kier molecular flexibility index (Phi) is 5.35. The van der Waals surface area contributed by atoms with Crippen molar-refractivity contribution < 1.29 is 0 Å². The van der Waals surface area contributed by atoms with Gasteiger partial charge in [0.25, 0.3) is 0 Å². The van der Waals surface area contributed by atoms with Crippen molar-refractivity contribution in [3.8, 4) is 6.07 Å². The predicted molar refractivity (Wildman–Crippen MR) is 82.7 cm³/mol. The first-order chi connectivity index (χ1) is 10.2. The number of hydrogen-bond acceptors (Lipinski definition) is 3. The molecule has 4 nitrogen and oxygen atoms in total. The predicted octanol–water partition coefficient (Wildman–Crippen LogP) is 3.87. The summed E-state index contributed by atoms with van der Waals surface area (Å²) in [6.45, 7) is 2.70. The molecule has 0 radical (unpaired) electrons. The Labute approximate surface area is 130 Å². The molecule has 1 unspecified atom stereocenters. The fraction of sp³-hybridized carbons (Fsp3) is 0.438. The number of halogens is 1. The van der Waals surface area contributed by atoms with E-state index < -0.39 is 5.41 Å². The Balaban J connectivity index is 2.21. The molecular weight excluding hydrogens is 284 g/mol. The molecule has 0 aliphatic carbocycles. The van der Waals surface area contributed by atoms with Gasteiger partial charge in [-0.2, -0.15) is 10.4 Å². The molecule has 21 heavy (non-hydrogen) atoms. The first-order valence-electron chi connectivity index (χ1n) is 7.15. The normalized spacial score (nSPS) is 13.6. The summed E-state index contributed by atoms with van der Waals surface area (Å²) in [4.78, 5) is 3.96. The van der Waals surface area contributed by atoms with Crippen molar-refractivity contribution in [3.63, 3.8) is 0 Å². The van der Waals surface area contributed by atoms with Gasteiger partial charge in [0, 0.05) is 5.02 Å². The lowest BCUT2D eigenvalue weighted by Crippen LogP contribution is -2.28. The first kappa shape index (κ1) is 15.5. The Hall–Kier alpha value is -1.86. The average Bonchev–Trinajstić information content (AvgIpc) is 3.00. The second-order valence-electron chi connectivity index (χ2n) is 5.39. The van der Waals surface area contributed by atoms with Gasteiger partial charge in [0.15, 0.2) is 0 Å². The molecule has 2 aromatic rings. The number of nitriles is 1. The van der Waals surface area contributed by atoms with Gasteiger partial charge in [0.05, 0.1) is 18.0 Å². The van der Waals surface area contributed by atoms with Crippen LogP contribution >= 0.6 is 11.6 Å². The van der Waals surface area contributed by atoms with E-state index in [1.807, 2.05) is 24.3 Å². The lowest BCUT2D eigenvalue weighted by Gasteiger charge is -2.26. The molecule has 1 heterocycles. The topological polar surface area (TPSA) is 54.5 Å². The quantitative estimate of drug-likeness (QED) is 0.780. The lowest BCUT2D eigenvalue weighted by atomic mass is 9.78. The smallest absolute Gasteiger partial charge is 0.137 e. The highest BCUT2D eigenvalue weighted by Gasteiger charge is 2.31. The third-order valence-corrected chi connectivity index (χ3v) is 3.89. The number of rotatable bonds is 7. The second-order valence-corrected chi connectivity index (χ2v) is 5.83. The van der Waals surface area contributed by atoms with E-state index in [9.17, 15) is 5.26 Å². The number of hydrogen-bond donors (Lipinski definition) is 0. The van der Waals surface area contributed by atoms with Crippen molar-refractivity contribution in [2.45, 2.75) is 39.2 Å². The van der Waals surface area contributed by atoms with Crippen LogP contribution in [0.3, 0.4) is 0 Å². The summed E-state index contributed by atoms with van der Waals surface area (Å²) >= 11 is 5.93. The molecule has 5 heteroatoms. The number of benzene rings is 1. The molecule has 110 valence electrons. The van der Waals surface area contributed by atoms with Gasteiger partial charge in [-0.3, -0.25) is 4.68 Å². The van der Waals surface area contributed by atoms with Gasteiger partial charge in [0.1, 0.15) is 12.7 Å². The maximum atomic E-state index is 9.78. The zero-order chi connectivity index (χ0) is 15.1. The van der Waals surface area contributed by atoms with Crippen molar-refractivity contribution in [1.82, 2.24) is 14.8 Å². The van der Waals surface area contributed by atoms with Gasteiger partial charge in [-0.05, 0) is 30.5 Å². The molecule has 1 aromatic carbocycles. The fourth-order valence-corrected chi connectivity index (χ4v) is 2.61. The minimum atomic E-state index is -0.461. The molecule has 0 spiro atoms. The summed E-state index contributed by atoms with van der Waals surface area (Å²) < 4.78 is 1.74. The molecular formula is C16H19ClN4. The van der Waals surface area contributed by atoms with Crippen molar-refractivity contribution >= 4 is 11.6 Å². The minimum absolute atomic E-state index is 0.461. The third kappa shape index (κ3) is 4.30. The summed E-state index contributed by atoms with van der Waals surface area (Å²) in [6, 6.07) is 10.2. The van der Waals surface area contributed by atoms with Crippen LogP contribution in [0.15, 0.2) is 36.9 Å². The monoisotopic (exact) mass is 302 g/mol. The molecule has 1 atom stereocenters. The Morgan fingerprint density at radius 2 is 2.10 bits per heavy atom. The summed E-state index contributed by atoms with van der Waals surface area (Å²) in [6.07, 6.45) is 6.81. The zero-order valence-electron chi connectivity index (χ0n) is 12.2. The Morgan fingerprint density at radius 3 is 2.67 bits per heavy atom. The molecule has 0 bridgehead atoms. The van der Waals surface area contributed by atoms with E-state index in [0.29, 0.717) is 18.0 Å². The van der Waals surface area contributed by atoms with Gasteiger partial charge in [-0.25, -0.2) is 4.98 Å². The van der Waals surface area contributed by atoms with Crippen LogP contribution in [0.1, 0.15) is 31.7 Å². The van der Waals surface area contributed by atoms with E-state index in [0.717, 1.165) is 24.8 Å². The van der Waals surface area contributed by atoms with E-state index in [1.54, 1.807) is 11.0 Å². The maximum absolute atomic E-state index is 9.78. The summed E-state index contributed by atoms with van der Waals surface area (Å²) in [5.41, 5.74) is 0.662. The van der Waals surface area contributed by atoms with E-state index in [2.05, 4.69) is 23.1 Å². The van der Waals surface area contributed by atoms with Crippen LogP contribution in [-0.2, 0) is 13.0 Å². The van der Waals surface area contributed by atoms with Crippen LogP contribution < -0.4 is 0 Å². The van der Waals surface area contributed by atoms with Crippen LogP contribution in [0.25, 0.3) is 0 Å². The molecule has 0 saturated heterocycles. The summed E-state index contributed by atoms with van der Waals surface area (Å²) in [5, 5.41) is 14.6. The van der Waals surface area contributed by atoms with Crippen LogP contribution in [-0.4, -0.2) is 14.8 Å². The van der Waals surface area contributed by atoms with Crippen LogP contribution in [0.4, 0.5) is 0 Å². The van der Waals surface area contributed by atoms with Gasteiger partial charge >= 0.3 is 0 Å². The molecule has 0 saturated carbocycles. The standard InChI is InChI=1S/C16H19ClN4/c1-2-3-8-16(10-18,11-21-13-19-12-20-21)9-14-4-6-15(17)7-5-14/h4-7,12-13H,2-3,8-9,11H2,1H3. The maximum Gasteiger partial charge on any atom is 0.137 e. The molecule has 0 N–H and O–H groups in total. The molecule has 0 aliphatic heterocycles. The summed E-state index contributed by atoms with van der Waals surface area (Å²) in [5.74, 6) is 0. The molecule has 1 aromatic heterocycles. The largest absolute Gasteiger partial charge is 0.251 e. The number of nitrogens with zero attached hydrogens (tertiary/aromatic N) is 4. The molecule has 0 fully saturated rings. The highest BCUT2D eigenvalue weighted by molar-refractivity contribution is 6.30. The fourth-order valence-electron chi connectivity index (χ4n) is 2.49.